The molecule has 2 atom stereocenters. The van der Waals surface area contributed by atoms with Crippen LogP contribution in [0.2, 0.25) is 0 Å². The topological polar surface area (TPSA) is 77.0 Å². The molecule has 2 aromatic rings. The molecule has 0 amide bonds. The van der Waals surface area contributed by atoms with Gasteiger partial charge in [-0.3, -0.25) is 11.3 Å². The maximum absolute atomic E-state index is 5.80. The minimum atomic E-state index is 0.223. The quantitative estimate of drug-likeness (QED) is 0.583. The number of aryl methyl sites for hydroxylation is 1. The Morgan fingerprint density at radius 3 is 2.95 bits per heavy atom. The van der Waals surface area contributed by atoms with Crippen LogP contribution in [0.25, 0.3) is 0 Å². The van der Waals surface area contributed by atoms with Crippen LogP contribution in [0, 0.1) is 0 Å². The average molecular weight is 268 g/mol. The van der Waals surface area contributed by atoms with Crippen molar-refractivity contribution < 1.29 is 0 Å². The van der Waals surface area contributed by atoms with Gasteiger partial charge >= 0.3 is 0 Å². The van der Waals surface area contributed by atoms with E-state index in [0.717, 1.165) is 19.3 Å². The summed E-state index contributed by atoms with van der Waals surface area (Å²) in [6, 6.07) is 12.8. The summed E-state index contributed by atoms with van der Waals surface area (Å²) in [6.07, 6.45) is 4.90. The van der Waals surface area contributed by atoms with Gasteiger partial charge in [0.1, 0.15) is 5.82 Å². The summed E-state index contributed by atoms with van der Waals surface area (Å²) < 4.78 is 0. The van der Waals surface area contributed by atoms with Crippen molar-refractivity contribution in [3.63, 3.8) is 0 Å². The van der Waals surface area contributed by atoms with E-state index in [4.69, 9.17) is 11.6 Å². The molecule has 0 bridgehead atoms. The summed E-state index contributed by atoms with van der Waals surface area (Å²) in [7, 11) is 0. The molecule has 0 saturated heterocycles. The molecule has 1 aliphatic rings. The molecular weight excluding hydrogens is 248 g/mol. The van der Waals surface area contributed by atoms with Gasteiger partial charge in [0.25, 0.3) is 0 Å². The van der Waals surface area contributed by atoms with Gasteiger partial charge in [0.15, 0.2) is 0 Å². The van der Waals surface area contributed by atoms with Crippen molar-refractivity contribution in [2.45, 2.75) is 31.2 Å². The van der Waals surface area contributed by atoms with Gasteiger partial charge in [0.2, 0.25) is 0 Å². The first-order chi connectivity index (χ1) is 9.78. The van der Waals surface area contributed by atoms with E-state index < -0.39 is 0 Å². The molecule has 0 spiro atoms. The van der Waals surface area contributed by atoms with Crippen LogP contribution in [-0.2, 0) is 12.8 Å². The fraction of sp³-hybridized carbons (Fsp3) is 0.312. The zero-order valence-electron chi connectivity index (χ0n) is 11.4. The summed E-state index contributed by atoms with van der Waals surface area (Å²) in [6.45, 7) is 0. The first-order valence-electron chi connectivity index (χ1n) is 7.02. The summed E-state index contributed by atoms with van der Waals surface area (Å²) >= 11 is 0. The van der Waals surface area contributed by atoms with E-state index in [9.17, 15) is 0 Å². The Labute approximate surface area is 119 Å². The molecule has 104 valence electrons. The largest absolute Gasteiger partial charge is 0.384 e. The first kappa shape index (κ1) is 13.1. The van der Waals surface area contributed by atoms with Gasteiger partial charge in [-0.1, -0.05) is 24.3 Å². The highest BCUT2D eigenvalue weighted by atomic mass is 15.2. The lowest BCUT2D eigenvalue weighted by molar-refractivity contribution is 0.434. The Hall–Kier alpha value is -1.91. The van der Waals surface area contributed by atoms with Gasteiger partial charge in [-0.15, -0.1) is 0 Å². The summed E-state index contributed by atoms with van der Waals surface area (Å²) in [4.78, 5) is 4.03. The number of nitrogen functional groups attached to an aromatic ring is 1. The average Bonchev–Trinajstić information content (AvgIpc) is 2.89. The molecule has 2 unspecified atom stereocenters. The van der Waals surface area contributed by atoms with Gasteiger partial charge in [0.05, 0.1) is 0 Å². The number of nitrogens with two attached hydrogens (primary N) is 2. The zero-order chi connectivity index (χ0) is 13.9. The second-order valence-electron chi connectivity index (χ2n) is 5.41. The van der Waals surface area contributed by atoms with Crippen LogP contribution in [0.15, 0.2) is 42.6 Å². The molecule has 1 aromatic carbocycles. The zero-order valence-corrected chi connectivity index (χ0v) is 11.4. The van der Waals surface area contributed by atoms with Crippen LogP contribution in [0.1, 0.15) is 29.0 Å². The second kappa shape index (κ2) is 5.61. The number of fused-ring (bicyclic) bond motifs is 1. The van der Waals surface area contributed by atoms with Crippen LogP contribution in [-0.4, -0.2) is 11.0 Å². The predicted molar refractivity (Wildman–Crippen MR) is 81.0 cm³/mol. The third kappa shape index (κ3) is 2.53. The Balaban J connectivity index is 1.81. The number of nitrogens with one attached hydrogen (secondary N) is 1. The highest BCUT2D eigenvalue weighted by molar-refractivity contribution is 5.37. The van der Waals surface area contributed by atoms with E-state index >= 15 is 0 Å². The maximum Gasteiger partial charge on any atom is 0.123 e. The number of anilines is 1. The molecule has 4 heteroatoms. The third-order valence-corrected chi connectivity index (χ3v) is 4.18. The van der Waals surface area contributed by atoms with E-state index in [1.54, 1.807) is 6.20 Å². The number of hydrogen-bond donors (Lipinski definition) is 3. The van der Waals surface area contributed by atoms with Crippen LogP contribution in [0.4, 0.5) is 5.82 Å². The van der Waals surface area contributed by atoms with E-state index in [1.165, 1.54) is 16.7 Å². The number of aromatic nitrogens is 1. The molecule has 0 radical (unpaired) electrons. The van der Waals surface area contributed by atoms with E-state index in [1.807, 2.05) is 12.1 Å². The van der Waals surface area contributed by atoms with Gasteiger partial charge in [-0.05, 0) is 48.1 Å². The molecule has 0 saturated carbocycles. The van der Waals surface area contributed by atoms with Crippen LogP contribution >= 0.6 is 0 Å². The Morgan fingerprint density at radius 2 is 2.15 bits per heavy atom. The lowest BCUT2D eigenvalue weighted by atomic mass is 9.89. The monoisotopic (exact) mass is 268 g/mol. The van der Waals surface area contributed by atoms with Crippen molar-refractivity contribution in [1.29, 1.82) is 0 Å². The van der Waals surface area contributed by atoms with E-state index in [2.05, 4.69) is 34.7 Å². The Morgan fingerprint density at radius 1 is 1.30 bits per heavy atom. The van der Waals surface area contributed by atoms with Gasteiger partial charge in [-0.25, -0.2) is 4.98 Å². The van der Waals surface area contributed by atoms with E-state index in [-0.39, 0.29) is 6.04 Å². The lowest BCUT2D eigenvalue weighted by Crippen LogP contribution is -2.40. The normalized spacial score (nSPS) is 18.8. The molecule has 1 aliphatic carbocycles. The lowest BCUT2D eigenvalue weighted by Gasteiger charge is -2.24. The van der Waals surface area contributed by atoms with E-state index in [0.29, 0.717) is 11.7 Å². The summed E-state index contributed by atoms with van der Waals surface area (Å²) in [5, 5.41) is 0. The highest BCUT2D eigenvalue weighted by Gasteiger charge is 2.28. The van der Waals surface area contributed by atoms with Gasteiger partial charge < -0.3 is 5.73 Å². The molecule has 3 rings (SSSR count). The van der Waals surface area contributed by atoms with Crippen LogP contribution in [0.3, 0.4) is 0 Å². The van der Waals surface area contributed by atoms with Crippen molar-refractivity contribution >= 4 is 5.82 Å². The van der Waals surface area contributed by atoms with Crippen molar-refractivity contribution in [2.75, 3.05) is 5.73 Å². The van der Waals surface area contributed by atoms with Crippen molar-refractivity contribution in [1.82, 2.24) is 10.4 Å². The van der Waals surface area contributed by atoms with Crippen LogP contribution in [0.5, 0.6) is 0 Å². The predicted octanol–water partition coefficient (Wildman–Crippen LogP) is 1.77. The first-order valence-corrected chi connectivity index (χ1v) is 7.02. The number of rotatable bonds is 4. The smallest absolute Gasteiger partial charge is 0.123 e. The van der Waals surface area contributed by atoms with Gasteiger partial charge in [-0.2, -0.15) is 0 Å². The molecule has 5 N–H and O–H groups in total. The number of pyridine rings is 1. The molecular formula is C16H20N4. The highest BCUT2D eigenvalue weighted by Crippen LogP contribution is 2.36. The number of nitrogens with zero attached hydrogens (tertiary/aromatic N) is 1. The van der Waals surface area contributed by atoms with Crippen LogP contribution < -0.4 is 17.0 Å². The molecule has 20 heavy (non-hydrogen) atoms. The summed E-state index contributed by atoms with van der Waals surface area (Å²) in [5.41, 5.74) is 12.8. The molecule has 1 aromatic heterocycles. The Kier molecular flexibility index (Phi) is 3.67. The maximum atomic E-state index is 5.80. The fourth-order valence-corrected chi connectivity index (χ4v) is 3.20. The number of hydrogen-bond acceptors (Lipinski definition) is 4. The minimum Gasteiger partial charge on any atom is -0.384 e. The van der Waals surface area contributed by atoms with Crippen molar-refractivity contribution in [3.05, 3.63) is 59.3 Å². The number of benzene rings is 1. The molecule has 0 aliphatic heterocycles. The van der Waals surface area contributed by atoms with Crippen molar-refractivity contribution in [3.8, 4) is 0 Å². The Bertz CT molecular complexity index is 597. The summed E-state index contributed by atoms with van der Waals surface area (Å²) in [5.74, 6) is 6.82. The standard InChI is InChI=1S/C16H20N4/c17-16-10-11(7-8-19-16)9-15(20-18)14-6-5-12-3-1-2-4-13(12)14/h1-4,7-8,10,14-15,20H,5-6,9,18H2,(H2,17,19). The molecule has 1 heterocycles. The molecule has 0 fully saturated rings. The SMILES string of the molecule is NNC(Cc1ccnc(N)c1)C1CCc2ccccc21. The second-order valence-corrected chi connectivity index (χ2v) is 5.41. The van der Waals surface area contributed by atoms with Crippen molar-refractivity contribution in [2.24, 2.45) is 5.84 Å². The fourth-order valence-electron chi connectivity index (χ4n) is 3.20. The molecule has 4 nitrogen and oxygen atoms in total. The minimum absolute atomic E-state index is 0.223. The van der Waals surface area contributed by atoms with Gasteiger partial charge in [0, 0.05) is 18.2 Å². The number of hydrazine groups is 1. The third-order valence-electron chi connectivity index (χ3n) is 4.18.